The van der Waals surface area contributed by atoms with Crippen molar-refractivity contribution in [1.82, 2.24) is 5.43 Å². The van der Waals surface area contributed by atoms with Crippen molar-refractivity contribution in [2.75, 3.05) is 0 Å². The van der Waals surface area contributed by atoms with Crippen LogP contribution >= 0.6 is 0 Å². The van der Waals surface area contributed by atoms with Crippen molar-refractivity contribution in [3.8, 4) is 0 Å². The van der Waals surface area contributed by atoms with E-state index in [1.54, 1.807) is 6.92 Å². The number of nitro benzene ring substituents is 1. The number of amides is 1. The Morgan fingerprint density at radius 3 is 2.63 bits per heavy atom. The van der Waals surface area contributed by atoms with E-state index >= 15 is 0 Å². The minimum absolute atomic E-state index is 0.0640. The number of hydrogen-bond acceptors (Lipinski definition) is 5. The second-order valence-corrected chi connectivity index (χ2v) is 3.97. The van der Waals surface area contributed by atoms with Crippen LogP contribution < -0.4 is 5.43 Å². The summed E-state index contributed by atoms with van der Waals surface area (Å²) in [7, 11) is 0. The molecule has 0 fully saturated rings. The summed E-state index contributed by atoms with van der Waals surface area (Å²) in [6, 6.07) is 5.31. The number of nitrogens with zero attached hydrogens (tertiary/aromatic N) is 2. The molecule has 0 unspecified atom stereocenters. The number of rotatable bonds is 5. The van der Waals surface area contributed by atoms with Crippen LogP contribution in [0, 0.1) is 10.1 Å². The number of benzene rings is 1. The molecule has 0 bridgehead atoms. The van der Waals surface area contributed by atoms with Gasteiger partial charge in [0.2, 0.25) is 0 Å². The lowest BCUT2D eigenvalue weighted by Crippen LogP contribution is -2.19. The van der Waals surface area contributed by atoms with Gasteiger partial charge in [0.1, 0.15) is 5.78 Å². The van der Waals surface area contributed by atoms with Gasteiger partial charge in [0.05, 0.1) is 4.92 Å². The molecule has 0 spiro atoms. The van der Waals surface area contributed by atoms with E-state index in [-0.39, 0.29) is 23.5 Å². The highest BCUT2D eigenvalue weighted by molar-refractivity contribution is 6.01. The highest BCUT2D eigenvalue weighted by atomic mass is 16.6. The lowest BCUT2D eigenvalue weighted by Gasteiger charge is -2.01. The number of hydrogen-bond donors (Lipinski definition) is 1. The molecule has 7 heteroatoms. The van der Waals surface area contributed by atoms with Gasteiger partial charge in [-0.15, -0.1) is 0 Å². The summed E-state index contributed by atoms with van der Waals surface area (Å²) in [6.07, 6.45) is 0.148. The largest absolute Gasteiger partial charge is 0.300 e. The van der Waals surface area contributed by atoms with Crippen LogP contribution in [0.3, 0.4) is 0 Å². The molecule has 0 heterocycles. The second kappa shape index (κ2) is 6.39. The number of non-ortho nitro benzene ring substituents is 1. The Kier molecular flexibility index (Phi) is 4.87. The summed E-state index contributed by atoms with van der Waals surface area (Å²) in [4.78, 5) is 32.5. The predicted molar refractivity (Wildman–Crippen MR) is 69.0 cm³/mol. The van der Waals surface area contributed by atoms with E-state index in [2.05, 4.69) is 10.5 Å². The zero-order valence-corrected chi connectivity index (χ0v) is 10.5. The summed E-state index contributed by atoms with van der Waals surface area (Å²) in [6.45, 7) is 3.02. The molecule has 1 amide bonds. The Labute approximate surface area is 109 Å². The monoisotopic (exact) mass is 263 g/mol. The van der Waals surface area contributed by atoms with Crippen LogP contribution in [-0.2, 0) is 4.79 Å². The second-order valence-electron chi connectivity index (χ2n) is 3.97. The number of hydrazone groups is 1. The topological polar surface area (TPSA) is 102 Å². The van der Waals surface area contributed by atoms with Gasteiger partial charge in [0, 0.05) is 29.8 Å². The van der Waals surface area contributed by atoms with Gasteiger partial charge < -0.3 is 0 Å². The fraction of sp³-hybridized carbons (Fsp3) is 0.250. The van der Waals surface area contributed by atoms with Crippen molar-refractivity contribution in [3.63, 3.8) is 0 Å². The average Bonchev–Trinajstić information content (AvgIpc) is 2.35. The lowest BCUT2D eigenvalue weighted by atomic mass is 10.2. The molecular formula is C12H13N3O4. The fourth-order valence-corrected chi connectivity index (χ4v) is 1.37. The predicted octanol–water partition coefficient (Wildman–Crippen LogP) is 1.68. The maximum absolute atomic E-state index is 11.7. The number of nitro groups is 1. The quantitative estimate of drug-likeness (QED) is 0.496. The summed E-state index contributed by atoms with van der Waals surface area (Å²) in [5, 5.41) is 14.3. The van der Waals surface area contributed by atoms with Gasteiger partial charge in [0.25, 0.3) is 11.6 Å². The first-order valence-electron chi connectivity index (χ1n) is 5.47. The molecule has 1 N–H and O–H groups in total. The van der Waals surface area contributed by atoms with Crippen LogP contribution in [0.2, 0.25) is 0 Å². The average molecular weight is 263 g/mol. The number of carbonyl (C=O) groups excluding carboxylic acids is 2. The Morgan fingerprint density at radius 1 is 1.37 bits per heavy atom. The molecule has 0 radical (unpaired) electrons. The number of carbonyl (C=O) groups is 2. The van der Waals surface area contributed by atoms with Gasteiger partial charge in [-0.25, -0.2) is 5.43 Å². The van der Waals surface area contributed by atoms with Crippen molar-refractivity contribution in [1.29, 1.82) is 0 Å². The molecule has 0 aliphatic carbocycles. The minimum Gasteiger partial charge on any atom is -0.300 e. The van der Waals surface area contributed by atoms with Gasteiger partial charge in [-0.2, -0.15) is 5.10 Å². The standard InChI is InChI=1S/C12H13N3O4/c1-8(6-9(2)16)13-14-12(17)10-4-3-5-11(7-10)15(18)19/h3-5,7H,6H2,1-2H3,(H,14,17)/b13-8+. The molecule has 1 aromatic carbocycles. The number of ketones is 1. The molecule has 0 aliphatic heterocycles. The maximum Gasteiger partial charge on any atom is 0.271 e. The van der Waals surface area contributed by atoms with Crippen molar-refractivity contribution in [3.05, 3.63) is 39.9 Å². The molecule has 1 rings (SSSR count). The van der Waals surface area contributed by atoms with Gasteiger partial charge in [0.15, 0.2) is 0 Å². The van der Waals surface area contributed by atoms with Crippen LogP contribution in [0.25, 0.3) is 0 Å². The van der Waals surface area contributed by atoms with E-state index in [0.29, 0.717) is 5.71 Å². The molecule has 0 saturated heterocycles. The number of nitrogens with one attached hydrogen (secondary N) is 1. The van der Waals surface area contributed by atoms with Crippen molar-refractivity contribution in [2.45, 2.75) is 20.3 Å². The Balaban J connectivity index is 2.76. The Morgan fingerprint density at radius 2 is 2.05 bits per heavy atom. The van der Waals surface area contributed by atoms with E-state index in [4.69, 9.17) is 0 Å². The van der Waals surface area contributed by atoms with Crippen LogP contribution in [0.4, 0.5) is 5.69 Å². The van der Waals surface area contributed by atoms with Gasteiger partial charge in [-0.3, -0.25) is 19.7 Å². The highest BCUT2D eigenvalue weighted by Gasteiger charge is 2.10. The molecule has 0 aromatic heterocycles. The van der Waals surface area contributed by atoms with E-state index < -0.39 is 10.8 Å². The van der Waals surface area contributed by atoms with E-state index in [0.717, 1.165) is 6.07 Å². The van der Waals surface area contributed by atoms with Gasteiger partial charge >= 0.3 is 0 Å². The Hall–Kier alpha value is -2.57. The van der Waals surface area contributed by atoms with E-state index in [1.165, 1.54) is 25.1 Å². The van der Waals surface area contributed by atoms with E-state index in [9.17, 15) is 19.7 Å². The Bertz CT molecular complexity index is 552. The summed E-state index contributed by atoms with van der Waals surface area (Å²) < 4.78 is 0. The first kappa shape index (κ1) is 14.5. The van der Waals surface area contributed by atoms with E-state index in [1.807, 2.05) is 0 Å². The lowest BCUT2D eigenvalue weighted by molar-refractivity contribution is -0.384. The number of Topliss-reactive ketones (excluding diaryl/α,β-unsaturated/α-hetero) is 1. The molecule has 0 atom stereocenters. The molecule has 0 aliphatic rings. The molecule has 1 aromatic rings. The van der Waals surface area contributed by atoms with Gasteiger partial charge in [-0.05, 0) is 19.9 Å². The van der Waals surface area contributed by atoms with Gasteiger partial charge in [-0.1, -0.05) is 6.07 Å². The molecule has 100 valence electrons. The molecule has 7 nitrogen and oxygen atoms in total. The highest BCUT2D eigenvalue weighted by Crippen LogP contribution is 2.12. The summed E-state index contributed by atoms with van der Waals surface area (Å²) in [5.41, 5.74) is 2.67. The molecule has 19 heavy (non-hydrogen) atoms. The van der Waals surface area contributed by atoms with Crippen LogP contribution in [0.5, 0.6) is 0 Å². The fourth-order valence-electron chi connectivity index (χ4n) is 1.37. The molecular weight excluding hydrogens is 250 g/mol. The summed E-state index contributed by atoms with van der Waals surface area (Å²) >= 11 is 0. The van der Waals surface area contributed by atoms with Crippen LogP contribution in [0.15, 0.2) is 29.4 Å². The third kappa shape index (κ3) is 4.66. The normalized spacial score (nSPS) is 10.9. The zero-order valence-electron chi connectivity index (χ0n) is 10.5. The maximum atomic E-state index is 11.7. The van der Waals surface area contributed by atoms with Crippen molar-refractivity contribution in [2.24, 2.45) is 5.10 Å². The first-order valence-corrected chi connectivity index (χ1v) is 5.47. The van der Waals surface area contributed by atoms with Crippen molar-refractivity contribution >= 4 is 23.1 Å². The molecule has 0 saturated carbocycles. The first-order chi connectivity index (χ1) is 8.90. The smallest absolute Gasteiger partial charge is 0.271 e. The minimum atomic E-state index is -0.582. The third-order valence-electron chi connectivity index (χ3n) is 2.17. The SMILES string of the molecule is CC(=O)C/C(C)=N/NC(=O)c1cccc([N+](=O)[O-])c1. The van der Waals surface area contributed by atoms with Crippen molar-refractivity contribution < 1.29 is 14.5 Å². The summed E-state index contributed by atoms with van der Waals surface area (Å²) in [5.74, 6) is -0.627. The zero-order chi connectivity index (χ0) is 14.4. The van der Waals surface area contributed by atoms with Crippen LogP contribution in [-0.4, -0.2) is 22.3 Å². The third-order valence-corrected chi connectivity index (χ3v) is 2.17. The van der Waals surface area contributed by atoms with Crippen LogP contribution in [0.1, 0.15) is 30.6 Å².